The largest absolute Gasteiger partial charge is 0.408 e. The molecule has 7 atom stereocenters. The van der Waals surface area contributed by atoms with E-state index in [0.29, 0.717) is 6.42 Å². The normalized spacial score (nSPS) is 29.9. The van der Waals surface area contributed by atoms with Crippen LogP contribution in [-0.2, 0) is 27.5 Å². The van der Waals surface area contributed by atoms with Crippen molar-refractivity contribution in [3.63, 3.8) is 0 Å². The molecule has 0 aromatic rings. The van der Waals surface area contributed by atoms with Crippen LogP contribution in [0.15, 0.2) is 10.2 Å². The number of aldehydes is 1. The number of hydrogen-bond acceptors (Lipinski definition) is 6. The molecular formula is C31H61IO6Si3. The first kappa shape index (κ1) is 37.8. The molecule has 2 aliphatic rings. The molecule has 0 spiro atoms. The summed E-state index contributed by atoms with van der Waals surface area (Å²) in [5.74, 6) is 0. The molecule has 0 unspecified atom stereocenters. The maximum Gasteiger partial charge on any atom is 0.193 e. The zero-order chi connectivity index (χ0) is 31.8. The van der Waals surface area contributed by atoms with E-state index in [1.165, 1.54) is 0 Å². The highest BCUT2D eigenvalue weighted by molar-refractivity contribution is 14.1. The monoisotopic (exact) mass is 740 g/mol. The van der Waals surface area contributed by atoms with E-state index in [1.54, 1.807) is 0 Å². The molecule has 0 aromatic heterocycles. The van der Waals surface area contributed by atoms with Crippen molar-refractivity contribution < 1.29 is 27.5 Å². The van der Waals surface area contributed by atoms with Crippen LogP contribution in [0.3, 0.4) is 0 Å². The minimum absolute atomic E-state index is 0.00170. The third-order valence-corrected chi connectivity index (χ3v) is 24.3. The van der Waals surface area contributed by atoms with E-state index < -0.39 is 25.0 Å². The Labute approximate surface area is 268 Å². The van der Waals surface area contributed by atoms with Crippen LogP contribution in [0.5, 0.6) is 0 Å². The molecule has 240 valence electrons. The Bertz CT molecular complexity index is 903. The molecule has 2 aliphatic heterocycles. The Hall–Kier alpha value is 0.591. The number of fused-ring (bicyclic) bond motifs is 1. The van der Waals surface area contributed by atoms with Crippen LogP contribution >= 0.6 is 22.6 Å². The van der Waals surface area contributed by atoms with Crippen molar-refractivity contribution >= 4 is 53.8 Å². The summed E-state index contributed by atoms with van der Waals surface area (Å²) in [6.45, 7) is 34.3. The summed E-state index contributed by atoms with van der Waals surface area (Å²) in [4.78, 5) is 11.5. The predicted octanol–water partition coefficient (Wildman–Crippen LogP) is 9.01. The van der Waals surface area contributed by atoms with E-state index in [9.17, 15) is 4.79 Å². The summed E-state index contributed by atoms with van der Waals surface area (Å²) in [5.41, 5.74) is 0. The van der Waals surface area contributed by atoms with Crippen molar-refractivity contribution in [3.8, 4) is 0 Å². The highest BCUT2D eigenvalue weighted by Gasteiger charge is 2.57. The lowest BCUT2D eigenvalue weighted by atomic mass is 9.87. The van der Waals surface area contributed by atoms with Gasteiger partial charge in [-0.25, -0.2) is 0 Å². The van der Waals surface area contributed by atoms with Gasteiger partial charge in [-0.3, -0.25) is 0 Å². The second-order valence-corrected chi connectivity index (χ2v) is 31.7. The molecule has 0 N–H and O–H groups in total. The van der Waals surface area contributed by atoms with Gasteiger partial charge in [0.15, 0.2) is 25.0 Å². The molecule has 0 saturated carbocycles. The van der Waals surface area contributed by atoms with Crippen molar-refractivity contribution in [2.75, 3.05) is 0 Å². The Morgan fingerprint density at radius 3 is 1.71 bits per heavy atom. The molecule has 2 heterocycles. The first-order valence-corrected chi connectivity index (χ1v) is 25.4. The van der Waals surface area contributed by atoms with Crippen molar-refractivity contribution in [2.24, 2.45) is 0 Å². The molecule has 0 aromatic carbocycles. The van der Waals surface area contributed by atoms with Crippen molar-refractivity contribution in [1.29, 1.82) is 0 Å². The summed E-state index contributed by atoms with van der Waals surface area (Å²) < 4.78 is 37.6. The van der Waals surface area contributed by atoms with Crippen LogP contribution in [0, 0.1) is 0 Å². The van der Waals surface area contributed by atoms with E-state index in [4.69, 9.17) is 22.8 Å². The van der Waals surface area contributed by atoms with Gasteiger partial charge in [-0.05, 0) is 77.4 Å². The number of rotatable bonds is 10. The fraction of sp³-hybridized carbons (Fsp3) is 0.903. The standard InChI is InChI=1S/C31H61IO6Si3/c1-29(2,3)39(10,11)36-24(18-20-32)26-28(38-41(14,15)31(7,8)9)27(37-40(12,13)30(4,5)6)25-23(35-26)17-16-22(34-25)19-21-33/h18,20-28H,16-17,19H2,1-15H3/b20-18+/t22-,23+,24+,25+,26-,27+,28-/m1/s1. The van der Waals surface area contributed by atoms with Crippen LogP contribution in [0.25, 0.3) is 0 Å². The number of carbonyl (C=O) groups is 1. The van der Waals surface area contributed by atoms with Crippen molar-refractivity contribution in [2.45, 2.75) is 179 Å². The first-order valence-electron chi connectivity index (χ1n) is 15.4. The highest BCUT2D eigenvalue weighted by atomic mass is 127. The molecule has 10 heteroatoms. The Morgan fingerprint density at radius 1 is 0.780 bits per heavy atom. The van der Waals surface area contributed by atoms with Gasteiger partial charge in [-0.2, -0.15) is 0 Å². The molecule has 6 nitrogen and oxygen atoms in total. The van der Waals surface area contributed by atoms with E-state index >= 15 is 0 Å². The van der Waals surface area contributed by atoms with Crippen molar-refractivity contribution in [1.82, 2.24) is 0 Å². The van der Waals surface area contributed by atoms with Gasteiger partial charge in [0.1, 0.15) is 30.7 Å². The summed E-state index contributed by atoms with van der Waals surface area (Å²) in [7, 11) is -6.69. The van der Waals surface area contributed by atoms with Crippen LogP contribution in [-0.4, -0.2) is 74.0 Å². The van der Waals surface area contributed by atoms with E-state index in [2.05, 4.69) is 134 Å². The Morgan fingerprint density at radius 2 is 1.27 bits per heavy atom. The zero-order valence-electron chi connectivity index (χ0n) is 28.7. The second-order valence-electron chi connectivity index (χ2n) is 16.7. The molecule has 2 fully saturated rings. The molecule has 0 amide bonds. The molecule has 0 bridgehead atoms. The lowest BCUT2D eigenvalue weighted by Gasteiger charge is -2.56. The molecule has 0 radical (unpaired) electrons. The number of halogens is 1. The summed E-state index contributed by atoms with van der Waals surface area (Å²) in [6.07, 6.45) is 3.25. The molecular weight excluding hydrogens is 679 g/mol. The fourth-order valence-electron chi connectivity index (χ4n) is 4.63. The third-order valence-electron chi connectivity index (χ3n) is 10.4. The lowest BCUT2D eigenvalue weighted by Crippen LogP contribution is -2.69. The maximum atomic E-state index is 11.5. The van der Waals surface area contributed by atoms with Gasteiger partial charge in [0.25, 0.3) is 0 Å². The van der Waals surface area contributed by atoms with Crippen molar-refractivity contribution in [3.05, 3.63) is 10.2 Å². The van der Waals surface area contributed by atoms with E-state index in [0.717, 1.165) is 19.1 Å². The van der Waals surface area contributed by atoms with Crippen LogP contribution in [0.4, 0.5) is 0 Å². The molecule has 2 saturated heterocycles. The van der Waals surface area contributed by atoms with Gasteiger partial charge < -0.3 is 27.5 Å². The average molecular weight is 741 g/mol. The van der Waals surface area contributed by atoms with Gasteiger partial charge in [-0.1, -0.05) is 84.9 Å². The fourth-order valence-corrected chi connectivity index (χ4v) is 8.89. The first-order chi connectivity index (χ1) is 18.4. The molecule has 0 aliphatic carbocycles. The number of hydrogen-bond donors (Lipinski definition) is 0. The minimum Gasteiger partial charge on any atom is -0.408 e. The van der Waals surface area contributed by atoms with Crippen LogP contribution < -0.4 is 0 Å². The quantitative estimate of drug-likeness (QED) is 0.127. The maximum absolute atomic E-state index is 11.5. The summed E-state index contributed by atoms with van der Waals surface area (Å²) >= 11 is 2.29. The van der Waals surface area contributed by atoms with Gasteiger partial charge in [0.2, 0.25) is 0 Å². The zero-order valence-corrected chi connectivity index (χ0v) is 33.9. The summed E-state index contributed by atoms with van der Waals surface area (Å²) in [6, 6.07) is 0. The lowest BCUT2D eigenvalue weighted by molar-refractivity contribution is -0.266. The summed E-state index contributed by atoms with van der Waals surface area (Å²) in [5, 5.41) is 0.0521. The van der Waals surface area contributed by atoms with Gasteiger partial charge in [-0.15, -0.1) is 0 Å². The number of ether oxygens (including phenoxy) is 2. The van der Waals surface area contributed by atoms with E-state index in [1.807, 2.05) is 0 Å². The average Bonchev–Trinajstić information content (AvgIpc) is 2.78. The molecule has 41 heavy (non-hydrogen) atoms. The van der Waals surface area contributed by atoms with Gasteiger partial charge in [0.05, 0.1) is 18.3 Å². The smallest absolute Gasteiger partial charge is 0.193 e. The van der Waals surface area contributed by atoms with Gasteiger partial charge in [0, 0.05) is 6.42 Å². The Kier molecular flexibility index (Phi) is 12.5. The van der Waals surface area contributed by atoms with E-state index in [-0.39, 0.29) is 57.8 Å². The van der Waals surface area contributed by atoms with Gasteiger partial charge >= 0.3 is 0 Å². The van der Waals surface area contributed by atoms with Crippen LogP contribution in [0.2, 0.25) is 54.4 Å². The number of carbonyl (C=O) groups excluding carboxylic acids is 1. The minimum atomic E-state index is -2.28. The highest BCUT2D eigenvalue weighted by Crippen LogP contribution is 2.47. The Balaban J connectivity index is 2.73. The third kappa shape index (κ3) is 9.08. The molecule has 2 rings (SSSR count). The second kappa shape index (κ2) is 13.5. The topological polar surface area (TPSA) is 63.2 Å². The van der Waals surface area contributed by atoms with Crippen LogP contribution in [0.1, 0.15) is 81.6 Å². The predicted molar refractivity (Wildman–Crippen MR) is 187 cm³/mol. The SMILES string of the molecule is CC(C)(C)[Si](C)(C)O[C@@H]1[C@H](O[Si](C)(C)C(C)(C)C)[C@@H]([C@H](/C=C/I)O[Si](C)(C)C(C)(C)C)O[C@H]2CC[C@H](CC=O)O[C@H]12.